The summed E-state index contributed by atoms with van der Waals surface area (Å²) in [7, 11) is 0. The lowest BCUT2D eigenvalue weighted by molar-refractivity contribution is 0.234. The zero-order chi connectivity index (χ0) is 20.1. The highest BCUT2D eigenvalue weighted by molar-refractivity contribution is 6.30. The number of benzene rings is 2. The molecule has 1 aromatic heterocycles. The predicted molar refractivity (Wildman–Crippen MR) is 114 cm³/mol. The summed E-state index contributed by atoms with van der Waals surface area (Å²) in [5.41, 5.74) is 4.08. The number of hydrogen-bond donors (Lipinski definition) is 1. The van der Waals surface area contributed by atoms with E-state index in [2.05, 4.69) is 47.7 Å². The van der Waals surface area contributed by atoms with Gasteiger partial charge in [-0.1, -0.05) is 53.2 Å². The van der Waals surface area contributed by atoms with Gasteiger partial charge in [-0.15, -0.1) is 0 Å². The van der Waals surface area contributed by atoms with Crippen LogP contribution < -0.4 is 5.32 Å². The fraction of sp³-hybridized carbons (Fsp3) is 0.273. The molecule has 5 nitrogen and oxygen atoms in total. The van der Waals surface area contributed by atoms with Crippen LogP contribution in [0.4, 0.5) is 5.69 Å². The van der Waals surface area contributed by atoms with Crippen LogP contribution >= 0.6 is 11.6 Å². The van der Waals surface area contributed by atoms with E-state index in [4.69, 9.17) is 16.1 Å². The second-order valence-electron chi connectivity index (χ2n) is 7.03. The molecule has 1 heterocycles. The average Bonchev–Trinajstić information content (AvgIpc) is 3.14. The van der Waals surface area contributed by atoms with Gasteiger partial charge in [0, 0.05) is 28.0 Å². The van der Waals surface area contributed by atoms with E-state index in [-0.39, 0.29) is 6.04 Å². The van der Waals surface area contributed by atoms with Crippen molar-refractivity contribution in [3.05, 3.63) is 77.3 Å². The monoisotopic (exact) mass is 396 g/mol. The molecule has 0 amide bonds. The third kappa shape index (κ3) is 5.14. The summed E-state index contributed by atoms with van der Waals surface area (Å²) in [5, 5.41) is 8.20. The predicted octanol–water partition coefficient (Wildman–Crippen LogP) is 5.53. The molecule has 3 rings (SSSR count). The Morgan fingerprint density at radius 3 is 2.46 bits per heavy atom. The van der Waals surface area contributed by atoms with Crippen molar-refractivity contribution in [3.63, 3.8) is 0 Å². The first kappa shape index (κ1) is 20.0. The Balaban J connectivity index is 1.64. The Bertz CT molecular complexity index is 916. The van der Waals surface area contributed by atoms with E-state index in [0.717, 1.165) is 16.9 Å². The highest BCUT2D eigenvalue weighted by atomic mass is 35.5. The van der Waals surface area contributed by atoms with Crippen LogP contribution in [0.2, 0.25) is 5.02 Å². The molecule has 1 N–H and O–H groups in total. The fourth-order valence-electron chi connectivity index (χ4n) is 2.82. The maximum absolute atomic E-state index is 5.93. The van der Waals surface area contributed by atoms with Crippen molar-refractivity contribution in [1.82, 2.24) is 15.0 Å². The third-order valence-corrected chi connectivity index (χ3v) is 4.71. The van der Waals surface area contributed by atoms with Crippen LogP contribution in [-0.2, 0) is 6.54 Å². The van der Waals surface area contributed by atoms with Crippen LogP contribution in [-0.4, -0.2) is 27.6 Å². The summed E-state index contributed by atoms with van der Waals surface area (Å²) in [5.74, 6) is 1.17. The molecule has 146 valence electrons. The van der Waals surface area contributed by atoms with Crippen LogP contribution in [0, 0.1) is 6.92 Å². The first-order chi connectivity index (χ1) is 13.4. The highest BCUT2D eigenvalue weighted by Gasteiger charge is 2.17. The zero-order valence-corrected chi connectivity index (χ0v) is 17.2. The van der Waals surface area contributed by atoms with Gasteiger partial charge in [-0.05, 0) is 45.0 Å². The van der Waals surface area contributed by atoms with Gasteiger partial charge in [-0.3, -0.25) is 0 Å². The van der Waals surface area contributed by atoms with Gasteiger partial charge < -0.3 is 14.7 Å². The maximum Gasteiger partial charge on any atom is 0.246 e. The summed E-state index contributed by atoms with van der Waals surface area (Å²) in [6, 6.07) is 15.9. The van der Waals surface area contributed by atoms with E-state index in [0.29, 0.717) is 29.8 Å². The molecule has 3 aromatic rings. The molecule has 28 heavy (non-hydrogen) atoms. The molecule has 0 unspecified atom stereocenters. The number of hydrogen-bond acceptors (Lipinski definition) is 5. The molecule has 0 bridgehead atoms. The fourth-order valence-corrected chi connectivity index (χ4v) is 2.94. The standard InChI is InChI=1S/C22H25ClN4O/c1-15(2)27(17(4)13-24-20-11-9-19(23)10-12-20)14-21-25-22(26-28-21)18-7-5-16(3)6-8-18/h5-12,15,24H,4,13-14H2,1-3H3. The molecule has 0 saturated carbocycles. The van der Waals surface area contributed by atoms with Gasteiger partial charge in [0.1, 0.15) is 0 Å². The van der Waals surface area contributed by atoms with Crippen LogP contribution in [0.15, 0.2) is 65.3 Å². The molecule has 0 saturated heterocycles. The summed E-state index contributed by atoms with van der Waals surface area (Å²) in [6.07, 6.45) is 0. The lowest BCUT2D eigenvalue weighted by Crippen LogP contribution is -2.32. The van der Waals surface area contributed by atoms with Gasteiger partial charge in [0.2, 0.25) is 11.7 Å². The molecule has 6 heteroatoms. The Kier molecular flexibility index (Phi) is 6.37. The molecule has 0 aliphatic rings. The largest absolute Gasteiger partial charge is 0.380 e. The molecule has 0 aliphatic carbocycles. The van der Waals surface area contributed by atoms with E-state index in [9.17, 15) is 0 Å². The first-order valence-corrected chi connectivity index (χ1v) is 9.63. The van der Waals surface area contributed by atoms with Crippen molar-refractivity contribution in [2.45, 2.75) is 33.4 Å². The van der Waals surface area contributed by atoms with Crippen molar-refractivity contribution >= 4 is 17.3 Å². The van der Waals surface area contributed by atoms with Crippen LogP contribution in [0.3, 0.4) is 0 Å². The smallest absolute Gasteiger partial charge is 0.246 e. The van der Waals surface area contributed by atoms with Crippen molar-refractivity contribution in [3.8, 4) is 11.4 Å². The number of aryl methyl sites for hydroxylation is 1. The van der Waals surface area contributed by atoms with E-state index >= 15 is 0 Å². The Labute approximate surface area is 171 Å². The van der Waals surface area contributed by atoms with E-state index < -0.39 is 0 Å². The highest BCUT2D eigenvalue weighted by Crippen LogP contribution is 2.20. The average molecular weight is 397 g/mol. The topological polar surface area (TPSA) is 54.2 Å². The third-order valence-electron chi connectivity index (χ3n) is 4.45. The molecular weight excluding hydrogens is 372 g/mol. The maximum atomic E-state index is 5.93. The first-order valence-electron chi connectivity index (χ1n) is 9.26. The molecule has 0 atom stereocenters. The second-order valence-corrected chi connectivity index (χ2v) is 7.46. The minimum Gasteiger partial charge on any atom is -0.380 e. The van der Waals surface area contributed by atoms with Crippen LogP contribution in [0.25, 0.3) is 11.4 Å². The van der Waals surface area contributed by atoms with Gasteiger partial charge >= 0.3 is 0 Å². The Morgan fingerprint density at radius 1 is 1.14 bits per heavy atom. The molecule has 0 spiro atoms. The number of anilines is 1. The summed E-state index contributed by atoms with van der Waals surface area (Å²) in [6.45, 7) is 11.6. The van der Waals surface area contributed by atoms with Gasteiger partial charge in [-0.25, -0.2) is 0 Å². The summed E-state index contributed by atoms with van der Waals surface area (Å²) < 4.78 is 5.48. The van der Waals surface area contributed by atoms with Crippen LogP contribution in [0.5, 0.6) is 0 Å². The quantitative estimate of drug-likeness (QED) is 0.542. The lowest BCUT2D eigenvalue weighted by Gasteiger charge is -2.29. The number of nitrogens with one attached hydrogen (secondary N) is 1. The van der Waals surface area contributed by atoms with Gasteiger partial charge in [0.15, 0.2) is 0 Å². The van der Waals surface area contributed by atoms with E-state index in [1.165, 1.54) is 5.56 Å². The summed E-state index contributed by atoms with van der Waals surface area (Å²) >= 11 is 5.93. The zero-order valence-electron chi connectivity index (χ0n) is 16.4. The summed E-state index contributed by atoms with van der Waals surface area (Å²) in [4.78, 5) is 6.70. The SMILES string of the molecule is C=C(CNc1ccc(Cl)cc1)N(Cc1nc(-c2ccc(C)cc2)no1)C(C)C. The molecule has 0 fully saturated rings. The Morgan fingerprint density at radius 2 is 1.82 bits per heavy atom. The second kappa shape index (κ2) is 8.93. The molecular formula is C22H25ClN4O. The minimum atomic E-state index is 0.245. The van der Waals surface area contributed by atoms with Crippen LogP contribution in [0.1, 0.15) is 25.3 Å². The van der Waals surface area contributed by atoms with Crippen molar-refractivity contribution in [2.75, 3.05) is 11.9 Å². The van der Waals surface area contributed by atoms with Crippen molar-refractivity contribution in [1.29, 1.82) is 0 Å². The minimum absolute atomic E-state index is 0.245. The molecule has 0 aliphatic heterocycles. The lowest BCUT2D eigenvalue weighted by atomic mass is 10.1. The van der Waals surface area contributed by atoms with E-state index in [1.54, 1.807) is 0 Å². The van der Waals surface area contributed by atoms with Gasteiger partial charge in [0.05, 0.1) is 13.1 Å². The van der Waals surface area contributed by atoms with Gasteiger partial charge in [-0.2, -0.15) is 4.98 Å². The Hall–Kier alpha value is -2.79. The normalized spacial score (nSPS) is 10.9. The van der Waals surface area contributed by atoms with Crippen molar-refractivity contribution < 1.29 is 4.52 Å². The number of rotatable bonds is 8. The molecule has 0 radical (unpaired) electrons. The van der Waals surface area contributed by atoms with E-state index in [1.807, 2.05) is 48.5 Å². The van der Waals surface area contributed by atoms with Crippen molar-refractivity contribution in [2.24, 2.45) is 0 Å². The van der Waals surface area contributed by atoms with Gasteiger partial charge in [0.25, 0.3) is 0 Å². The molecule has 2 aromatic carbocycles. The number of nitrogens with zero attached hydrogens (tertiary/aromatic N) is 3. The number of aromatic nitrogens is 2. The number of halogens is 1.